The number of aromatic nitrogens is 3. The number of anilines is 1. The Balaban J connectivity index is 1.41. The highest BCUT2D eigenvalue weighted by Crippen LogP contribution is 2.29. The van der Waals surface area contributed by atoms with Crippen molar-refractivity contribution >= 4 is 21.6 Å². The molecule has 0 unspecified atom stereocenters. The van der Waals surface area contributed by atoms with E-state index in [1.807, 2.05) is 0 Å². The van der Waals surface area contributed by atoms with Crippen molar-refractivity contribution in [3.63, 3.8) is 0 Å². The molecule has 0 atom stereocenters. The highest BCUT2D eigenvalue weighted by molar-refractivity contribution is 7.89. The number of nitrogens with zero attached hydrogens (tertiary/aromatic N) is 3. The monoisotopic (exact) mass is 429 g/mol. The second-order valence-electron chi connectivity index (χ2n) is 7.28. The first kappa shape index (κ1) is 20.3. The van der Waals surface area contributed by atoms with Crippen molar-refractivity contribution in [2.45, 2.75) is 37.5 Å². The number of nitrogens with one attached hydrogen (secondary N) is 2. The number of hydrogen-bond acceptors (Lipinski definition) is 6. The first-order valence-corrected chi connectivity index (χ1v) is 11.1. The van der Waals surface area contributed by atoms with Gasteiger partial charge in [0.25, 0.3) is 5.91 Å². The molecule has 1 aliphatic rings. The van der Waals surface area contributed by atoms with Gasteiger partial charge in [0.1, 0.15) is 5.82 Å². The van der Waals surface area contributed by atoms with Crippen LogP contribution in [0.3, 0.4) is 0 Å². The number of carbonyl (C=O) groups excluding carboxylic acids is 1. The fourth-order valence-corrected chi connectivity index (χ4v) is 5.13. The number of aryl methyl sites for hydroxylation is 2. The number of H-pyrrole nitrogens is 1. The van der Waals surface area contributed by atoms with Gasteiger partial charge < -0.3 is 14.7 Å². The summed E-state index contributed by atoms with van der Waals surface area (Å²) in [5.41, 5.74) is 0.978. The van der Waals surface area contributed by atoms with Crippen molar-refractivity contribution < 1.29 is 17.6 Å². The Hall–Kier alpha value is -2.98. The van der Waals surface area contributed by atoms with Crippen molar-refractivity contribution in [2.75, 3.05) is 18.4 Å². The van der Waals surface area contributed by atoms with Crippen LogP contribution < -0.4 is 5.32 Å². The van der Waals surface area contributed by atoms with E-state index in [0.29, 0.717) is 30.4 Å². The molecular formula is C20H23N5O4S. The molecule has 0 bridgehead atoms. The maximum absolute atomic E-state index is 13.0. The van der Waals surface area contributed by atoms with Crippen molar-refractivity contribution in [1.29, 1.82) is 0 Å². The molecule has 0 aliphatic carbocycles. The molecule has 9 nitrogen and oxygen atoms in total. The smallest absolute Gasteiger partial charge is 0.293 e. The number of aromatic amines is 1. The topological polar surface area (TPSA) is 121 Å². The number of piperidine rings is 1. The Labute approximate surface area is 174 Å². The lowest BCUT2D eigenvalue weighted by Gasteiger charge is -2.30. The van der Waals surface area contributed by atoms with Gasteiger partial charge in [-0.25, -0.2) is 18.4 Å². The standard InChI is InChI=1S/C20H23N5O4S/c1-13-18(29-14(2)23-13)20(26)24-16-3-5-17(6-4-16)30(27,28)25-11-7-15(8-12-25)19-21-9-10-22-19/h3-6,9-10,15H,7-8,11-12H2,1-2H3,(H,21,22)(H,24,26). The highest BCUT2D eigenvalue weighted by atomic mass is 32.2. The molecule has 4 rings (SSSR count). The Bertz CT molecular complexity index is 1130. The predicted octanol–water partition coefficient (Wildman–Crippen LogP) is 2.84. The predicted molar refractivity (Wildman–Crippen MR) is 110 cm³/mol. The van der Waals surface area contributed by atoms with Gasteiger partial charge in [0.2, 0.25) is 15.8 Å². The van der Waals surface area contributed by atoms with Crippen LogP contribution in [0.25, 0.3) is 0 Å². The summed E-state index contributed by atoms with van der Waals surface area (Å²) < 4.78 is 32.8. The summed E-state index contributed by atoms with van der Waals surface area (Å²) in [6.07, 6.45) is 4.93. The van der Waals surface area contributed by atoms with E-state index in [2.05, 4.69) is 20.3 Å². The van der Waals surface area contributed by atoms with Crippen LogP contribution in [-0.2, 0) is 10.0 Å². The Kier molecular flexibility index (Phi) is 5.44. The highest BCUT2D eigenvalue weighted by Gasteiger charge is 2.30. The van der Waals surface area contributed by atoms with Gasteiger partial charge in [-0.2, -0.15) is 4.31 Å². The third-order valence-electron chi connectivity index (χ3n) is 5.22. The van der Waals surface area contributed by atoms with Crippen molar-refractivity contribution in [2.24, 2.45) is 0 Å². The zero-order valence-corrected chi connectivity index (χ0v) is 17.6. The normalized spacial score (nSPS) is 15.9. The van der Waals surface area contributed by atoms with E-state index >= 15 is 0 Å². The largest absolute Gasteiger partial charge is 0.436 e. The minimum absolute atomic E-state index is 0.142. The van der Waals surface area contributed by atoms with E-state index in [0.717, 1.165) is 18.7 Å². The van der Waals surface area contributed by atoms with Gasteiger partial charge in [-0.3, -0.25) is 4.79 Å². The van der Waals surface area contributed by atoms with Gasteiger partial charge >= 0.3 is 0 Å². The number of benzene rings is 1. The molecule has 0 radical (unpaired) electrons. The summed E-state index contributed by atoms with van der Waals surface area (Å²) in [5.74, 6) is 1.28. The SMILES string of the molecule is Cc1nc(C)c(C(=O)Nc2ccc(S(=O)(=O)N3CCC(c4ncc[nH]4)CC3)cc2)o1. The fraction of sp³-hybridized carbons (Fsp3) is 0.350. The molecule has 10 heteroatoms. The number of oxazole rings is 1. The quantitative estimate of drug-likeness (QED) is 0.643. The number of imidazole rings is 1. The third kappa shape index (κ3) is 4.01. The maximum atomic E-state index is 13.0. The van der Waals surface area contributed by atoms with Crippen LogP contribution in [0.4, 0.5) is 5.69 Å². The van der Waals surface area contributed by atoms with Crippen LogP contribution in [0.15, 0.2) is 46.0 Å². The Morgan fingerprint density at radius 2 is 1.90 bits per heavy atom. The lowest BCUT2D eigenvalue weighted by atomic mass is 9.98. The lowest BCUT2D eigenvalue weighted by molar-refractivity contribution is 0.0994. The van der Waals surface area contributed by atoms with E-state index < -0.39 is 15.9 Å². The molecule has 2 aromatic heterocycles. The fourth-order valence-electron chi connectivity index (χ4n) is 3.66. The molecule has 1 saturated heterocycles. The van der Waals surface area contributed by atoms with Gasteiger partial charge in [0.05, 0.1) is 10.6 Å². The van der Waals surface area contributed by atoms with E-state index in [-0.39, 0.29) is 16.6 Å². The van der Waals surface area contributed by atoms with E-state index in [4.69, 9.17) is 4.42 Å². The Morgan fingerprint density at radius 3 is 2.47 bits per heavy atom. The van der Waals surface area contributed by atoms with Crippen LogP contribution in [0, 0.1) is 13.8 Å². The molecule has 0 spiro atoms. The summed E-state index contributed by atoms with van der Waals surface area (Å²) in [6, 6.07) is 6.14. The average molecular weight is 430 g/mol. The van der Waals surface area contributed by atoms with Crippen LogP contribution in [0.1, 0.15) is 46.7 Å². The van der Waals surface area contributed by atoms with E-state index in [1.165, 1.54) is 16.4 Å². The number of sulfonamides is 1. The minimum atomic E-state index is -3.59. The lowest BCUT2D eigenvalue weighted by Crippen LogP contribution is -2.38. The molecule has 1 amide bonds. The van der Waals surface area contributed by atoms with Gasteiger partial charge in [-0.05, 0) is 44.0 Å². The summed E-state index contributed by atoms with van der Waals surface area (Å²) in [4.78, 5) is 24.0. The molecule has 3 heterocycles. The molecule has 2 N–H and O–H groups in total. The molecule has 3 aromatic rings. The number of amides is 1. The van der Waals surface area contributed by atoms with Crippen LogP contribution in [0.5, 0.6) is 0 Å². The van der Waals surface area contributed by atoms with Crippen molar-refractivity contribution in [1.82, 2.24) is 19.3 Å². The second-order valence-corrected chi connectivity index (χ2v) is 9.22. The van der Waals surface area contributed by atoms with Crippen molar-refractivity contribution in [3.05, 3.63) is 59.8 Å². The molecule has 0 saturated carbocycles. The third-order valence-corrected chi connectivity index (χ3v) is 7.13. The average Bonchev–Trinajstić information content (AvgIpc) is 3.38. The van der Waals surface area contributed by atoms with Crippen molar-refractivity contribution in [3.8, 4) is 0 Å². The van der Waals surface area contributed by atoms with Crippen LogP contribution in [0.2, 0.25) is 0 Å². The summed E-state index contributed by atoms with van der Waals surface area (Å²) in [5, 5.41) is 2.70. The minimum Gasteiger partial charge on any atom is -0.436 e. The number of rotatable bonds is 5. The van der Waals surface area contributed by atoms with Gasteiger partial charge in [0.15, 0.2) is 5.89 Å². The first-order chi connectivity index (χ1) is 14.3. The molecule has 1 aliphatic heterocycles. The number of carbonyl (C=O) groups is 1. The van der Waals surface area contributed by atoms with E-state index in [1.54, 1.807) is 38.4 Å². The van der Waals surface area contributed by atoms with Gasteiger partial charge in [-0.1, -0.05) is 0 Å². The molecule has 1 aromatic carbocycles. The summed E-state index contributed by atoms with van der Waals surface area (Å²) in [6.45, 7) is 4.24. The van der Waals surface area contributed by atoms with Gasteiger partial charge in [-0.15, -0.1) is 0 Å². The van der Waals surface area contributed by atoms with Gasteiger partial charge in [0, 0.05) is 44.0 Å². The zero-order chi connectivity index (χ0) is 21.3. The molecule has 30 heavy (non-hydrogen) atoms. The molecular weight excluding hydrogens is 406 g/mol. The summed E-state index contributed by atoms with van der Waals surface area (Å²) >= 11 is 0. The zero-order valence-electron chi connectivity index (χ0n) is 16.8. The van der Waals surface area contributed by atoms with Crippen LogP contribution in [-0.4, -0.2) is 46.7 Å². The maximum Gasteiger partial charge on any atom is 0.293 e. The number of hydrogen-bond donors (Lipinski definition) is 2. The van der Waals surface area contributed by atoms with Crippen LogP contribution >= 0.6 is 0 Å². The first-order valence-electron chi connectivity index (χ1n) is 9.69. The summed E-state index contributed by atoms with van der Waals surface area (Å²) in [7, 11) is -3.59. The molecule has 1 fully saturated rings. The second kappa shape index (κ2) is 8.04. The van der Waals surface area contributed by atoms with E-state index in [9.17, 15) is 13.2 Å². The Morgan fingerprint density at radius 1 is 1.20 bits per heavy atom. The molecule has 158 valence electrons.